The summed E-state index contributed by atoms with van der Waals surface area (Å²) in [4.78, 5) is 11.3. The molecule has 17 heavy (non-hydrogen) atoms. The highest BCUT2D eigenvalue weighted by molar-refractivity contribution is 6.35. The third kappa shape index (κ3) is 2.28. The van der Waals surface area contributed by atoms with Crippen molar-refractivity contribution in [1.82, 2.24) is 9.78 Å². The zero-order chi connectivity index (χ0) is 12.6. The van der Waals surface area contributed by atoms with Gasteiger partial charge in [0.05, 0.1) is 10.7 Å². The van der Waals surface area contributed by atoms with E-state index < -0.39 is 0 Å². The van der Waals surface area contributed by atoms with Gasteiger partial charge in [-0.05, 0) is 25.1 Å². The van der Waals surface area contributed by atoms with Crippen LogP contribution in [0, 0.1) is 6.92 Å². The van der Waals surface area contributed by atoms with E-state index in [-0.39, 0.29) is 11.2 Å². The Hall–Kier alpha value is -1.52. The fraction of sp³-hybridized carbons (Fsp3) is 0.0909. The lowest BCUT2D eigenvalue weighted by atomic mass is 10.3. The van der Waals surface area contributed by atoms with Gasteiger partial charge in [0.25, 0.3) is 0 Å². The normalized spacial score (nSPS) is 10.5. The summed E-state index contributed by atoms with van der Waals surface area (Å²) in [5.74, 6) is -0.0679. The lowest BCUT2D eigenvalue weighted by molar-refractivity contribution is 0.808. The van der Waals surface area contributed by atoms with Gasteiger partial charge in [-0.2, -0.15) is 0 Å². The number of benzene rings is 1. The molecule has 0 atom stereocenters. The van der Waals surface area contributed by atoms with Gasteiger partial charge in [0, 0.05) is 16.8 Å². The minimum absolute atomic E-state index is 0.0679. The van der Waals surface area contributed by atoms with Gasteiger partial charge in [-0.25, -0.2) is 4.68 Å². The first-order valence-electron chi connectivity index (χ1n) is 4.81. The molecule has 4 nitrogen and oxygen atoms in total. The second-order valence-electron chi connectivity index (χ2n) is 3.54. The molecule has 0 fully saturated rings. The zero-order valence-electron chi connectivity index (χ0n) is 8.95. The van der Waals surface area contributed by atoms with Crippen LogP contribution < -0.4 is 11.2 Å². The van der Waals surface area contributed by atoms with E-state index in [0.29, 0.717) is 21.4 Å². The van der Waals surface area contributed by atoms with Gasteiger partial charge in [0.2, 0.25) is 5.43 Å². The molecule has 2 rings (SSSR count). The maximum Gasteiger partial charge on any atom is 0.224 e. The van der Waals surface area contributed by atoms with Gasteiger partial charge in [-0.1, -0.05) is 23.2 Å². The molecule has 0 aliphatic rings. The van der Waals surface area contributed by atoms with E-state index in [1.807, 2.05) is 0 Å². The van der Waals surface area contributed by atoms with E-state index in [2.05, 4.69) is 5.10 Å². The second kappa shape index (κ2) is 4.39. The average Bonchev–Trinajstić information content (AvgIpc) is 2.24. The summed E-state index contributed by atoms with van der Waals surface area (Å²) in [6, 6.07) is 6.42. The third-order valence-corrected chi connectivity index (χ3v) is 2.81. The number of hydrogen-bond donors (Lipinski definition) is 1. The molecule has 0 saturated carbocycles. The Kier molecular flexibility index (Phi) is 3.09. The molecule has 1 heterocycles. The van der Waals surface area contributed by atoms with Crippen LogP contribution in [0.1, 0.15) is 5.69 Å². The molecular weight excluding hydrogens is 261 g/mol. The van der Waals surface area contributed by atoms with Crippen molar-refractivity contribution in [1.29, 1.82) is 0 Å². The monoisotopic (exact) mass is 269 g/mol. The summed E-state index contributed by atoms with van der Waals surface area (Å²) in [7, 11) is 0. The first-order chi connectivity index (χ1) is 7.99. The maximum absolute atomic E-state index is 11.3. The molecule has 0 radical (unpaired) electrons. The third-order valence-electron chi connectivity index (χ3n) is 2.27. The number of halogens is 2. The van der Waals surface area contributed by atoms with Gasteiger partial charge in [0.15, 0.2) is 5.82 Å². The van der Waals surface area contributed by atoms with Crippen molar-refractivity contribution in [3.8, 4) is 5.69 Å². The Morgan fingerprint density at radius 3 is 2.65 bits per heavy atom. The van der Waals surface area contributed by atoms with E-state index in [0.717, 1.165) is 0 Å². The number of hydrogen-bond acceptors (Lipinski definition) is 3. The lowest BCUT2D eigenvalue weighted by Crippen LogP contribution is -2.17. The Labute approximate surface area is 108 Å². The van der Waals surface area contributed by atoms with Crippen LogP contribution in [-0.2, 0) is 0 Å². The van der Waals surface area contributed by atoms with Crippen molar-refractivity contribution in [3.63, 3.8) is 0 Å². The quantitative estimate of drug-likeness (QED) is 0.865. The van der Waals surface area contributed by atoms with Gasteiger partial charge in [-0.3, -0.25) is 4.79 Å². The molecule has 0 spiro atoms. The van der Waals surface area contributed by atoms with Crippen molar-refractivity contribution in [2.24, 2.45) is 0 Å². The van der Waals surface area contributed by atoms with Crippen LogP contribution in [-0.4, -0.2) is 9.78 Å². The molecule has 0 saturated heterocycles. The van der Waals surface area contributed by atoms with Crippen molar-refractivity contribution >= 4 is 29.0 Å². The predicted molar refractivity (Wildman–Crippen MR) is 69.0 cm³/mol. The van der Waals surface area contributed by atoms with E-state index in [1.54, 1.807) is 25.1 Å². The lowest BCUT2D eigenvalue weighted by Gasteiger charge is -2.11. The highest BCUT2D eigenvalue weighted by atomic mass is 35.5. The number of aryl methyl sites for hydroxylation is 1. The first-order valence-corrected chi connectivity index (χ1v) is 5.56. The number of nitrogen functional groups attached to an aromatic ring is 1. The molecule has 6 heteroatoms. The Morgan fingerprint density at radius 2 is 2.00 bits per heavy atom. The predicted octanol–water partition coefficient (Wildman–Crippen LogP) is 2.43. The Bertz CT molecular complexity index is 637. The number of nitrogens with zero attached hydrogens (tertiary/aromatic N) is 2. The van der Waals surface area contributed by atoms with Crippen LogP contribution in [0.15, 0.2) is 29.1 Å². The van der Waals surface area contributed by atoms with Gasteiger partial charge in [-0.15, -0.1) is 5.10 Å². The van der Waals surface area contributed by atoms with E-state index in [9.17, 15) is 4.79 Å². The molecule has 2 aromatic rings. The zero-order valence-corrected chi connectivity index (χ0v) is 10.5. The summed E-state index contributed by atoms with van der Waals surface area (Å²) in [6.07, 6.45) is 0. The van der Waals surface area contributed by atoms with Crippen LogP contribution in [0.4, 0.5) is 5.82 Å². The molecule has 88 valence electrons. The van der Waals surface area contributed by atoms with E-state index in [1.165, 1.54) is 10.7 Å². The van der Waals surface area contributed by atoms with Gasteiger partial charge >= 0.3 is 0 Å². The molecule has 0 unspecified atom stereocenters. The molecule has 1 aromatic heterocycles. The minimum Gasteiger partial charge on any atom is -0.379 e. The summed E-state index contributed by atoms with van der Waals surface area (Å²) in [5, 5.41) is 4.96. The fourth-order valence-corrected chi connectivity index (χ4v) is 1.95. The molecule has 0 bridgehead atoms. The van der Waals surface area contributed by atoms with Crippen molar-refractivity contribution in [3.05, 3.63) is 50.2 Å². The topological polar surface area (TPSA) is 60.9 Å². The Morgan fingerprint density at radius 1 is 1.29 bits per heavy atom. The van der Waals surface area contributed by atoms with Crippen LogP contribution >= 0.6 is 23.2 Å². The molecule has 0 aliphatic heterocycles. The highest BCUT2D eigenvalue weighted by Gasteiger charge is 2.08. The van der Waals surface area contributed by atoms with Crippen molar-refractivity contribution < 1.29 is 0 Å². The van der Waals surface area contributed by atoms with Crippen LogP contribution in [0.2, 0.25) is 10.0 Å². The number of aromatic nitrogens is 2. The second-order valence-corrected chi connectivity index (χ2v) is 4.39. The molecule has 0 aliphatic carbocycles. The summed E-state index contributed by atoms with van der Waals surface area (Å²) < 4.78 is 1.51. The minimum atomic E-state index is -0.302. The fourth-order valence-electron chi connectivity index (χ4n) is 1.46. The Balaban J connectivity index is 2.68. The molecule has 1 aromatic carbocycles. The van der Waals surface area contributed by atoms with Crippen LogP contribution in [0.5, 0.6) is 0 Å². The summed E-state index contributed by atoms with van der Waals surface area (Å²) in [5.41, 5.74) is 6.46. The number of anilines is 1. The molecular formula is C11H9Cl2N3O. The maximum atomic E-state index is 11.3. The standard InChI is InChI=1S/C11H9Cl2N3O/c1-6-4-10(17)11(14)15-16(6)9-3-2-7(12)5-8(9)13/h2-5H,1H3,(H2,14,15). The number of nitrogens with two attached hydrogens (primary N) is 1. The van der Waals surface area contributed by atoms with E-state index >= 15 is 0 Å². The smallest absolute Gasteiger partial charge is 0.224 e. The largest absolute Gasteiger partial charge is 0.379 e. The summed E-state index contributed by atoms with van der Waals surface area (Å²) in [6.45, 7) is 1.75. The molecule has 0 amide bonds. The first kappa shape index (κ1) is 12.0. The highest BCUT2D eigenvalue weighted by Crippen LogP contribution is 2.24. The number of rotatable bonds is 1. The van der Waals surface area contributed by atoms with Gasteiger partial charge in [0.1, 0.15) is 0 Å². The average molecular weight is 270 g/mol. The molecule has 2 N–H and O–H groups in total. The summed E-state index contributed by atoms with van der Waals surface area (Å²) >= 11 is 11.9. The van der Waals surface area contributed by atoms with Crippen molar-refractivity contribution in [2.45, 2.75) is 6.92 Å². The van der Waals surface area contributed by atoms with E-state index in [4.69, 9.17) is 28.9 Å². The van der Waals surface area contributed by atoms with Gasteiger partial charge < -0.3 is 5.73 Å². The SMILES string of the molecule is Cc1cc(=O)c(N)nn1-c1ccc(Cl)cc1Cl. The van der Waals surface area contributed by atoms with Crippen LogP contribution in [0.25, 0.3) is 5.69 Å². The van der Waals surface area contributed by atoms with Crippen molar-refractivity contribution in [2.75, 3.05) is 5.73 Å². The van der Waals surface area contributed by atoms with Crippen LogP contribution in [0.3, 0.4) is 0 Å².